The lowest BCUT2D eigenvalue weighted by atomic mass is 9.86. The zero-order valence-corrected chi connectivity index (χ0v) is 16.1. The van der Waals surface area contributed by atoms with Crippen molar-refractivity contribution < 1.29 is 14.3 Å². The van der Waals surface area contributed by atoms with Crippen LogP contribution in [0.1, 0.15) is 59.9 Å². The number of nitrogens with zero attached hydrogens (tertiary/aromatic N) is 4. The summed E-state index contributed by atoms with van der Waals surface area (Å²) in [6.45, 7) is 9.68. The second-order valence-corrected chi connectivity index (χ2v) is 7.47. The number of fused-ring (bicyclic) bond motifs is 1. The van der Waals surface area contributed by atoms with Crippen LogP contribution in [0.4, 0.5) is 0 Å². The molecule has 1 atom stereocenters. The lowest BCUT2D eigenvalue weighted by Gasteiger charge is -2.19. The molecule has 0 unspecified atom stereocenters. The van der Waals surface area contributed by atoms with Crippen LogP contribution in [0, 0.1) is 6.92 Å². The van der Waals surface area contributed by atoms with E-state index in [2.05, 4.69) is 35.8 Å². The molecule has 2 heterocycles. The highest BCUT2D eigenvalue weighted by Gasteiger charge is 2.24. The first-order chi connectivity index (χ1) is 12.7. The van der Waals surface area contributed by atoms with Crippen LogP contribution in [0.3, 0.4) is 0 Å². The third-order valence-electron chi connectivity index (χ3n) is 4.30. The molecule has 0 fully saturated rings. The van der Waals surface area contributed by atoms with Crippen LogP contribution < -0.4 is 0 Å². The highest BCUT2D eigenvalue weighted by atomic mass is 16.5. The summed E-state index contributed by atoms with van der Waals surface area (Å²) in [5.74, 6) is -0.854. The quantitative estimate of drug-likeness (QED) is 0.521. The Morgan fingerprint density at radius 3 is 2.37 bits per heavy atom. The van der Waals surface area contributed by atoms with Crippen molar-refractivity contribution in [3.8, 4) is 0 Å². The molecular weight excluding hydrogens is 344 g/mol. The van der Waals surface area contributed by atoms with Gasteiger partial charge in [-0.2, -0.15) is 4.98 Å². The summed E-state index contributed by atoms with van der Waals surface area (Å²) < 4.78 is 6.72. The molecule has 3 rings (SSSR count). The van der Waals surface area contributed by atoms with Crippen molar-refractivity contribution in [1.29, 1.82) is 0 Å². The van der Waals surface area contributed by atoms with E-state index < -0.39 is 12.1 Å². The summed E-state index contributed by atoms with van der Waals surface area (Å²) in [5.41, 5.74) is 2.40. The van der Waals surface area contributed by atoms with E-state index in [-0.39, 0.29) is 17.0 Å². The first-order valence-electron chi connectivity index (χ1n) is 8.71. The Hall–Kier alpha value is -3.09. The van der Waals surface area contributed by atoms with Gasteiger partial charge in [-0.3, -0.25) is 4.79 Å². The van der Waals surface area contributed by atoms with Crippen LogP contribution in [0.15, 0.2) is 36.5 Å². The molecule has 0 N–H and O–H groups in total. The van der Waals surface area contributed by atoms with Crippen molar-refractivity contribution in [2.24, 2.45) is 0 Å². The molecule has 0 spiro atoms. The third kappa shape index (κ3) is 3.86. The van der Waals surface area contributed by atoms with E-state index in [1.807, 2.05) is 19.1 Å². The molecule has 0 aliphatic carbocycles. The van der Waals surface area contributed by atoms with Crippen LogP contribution in [0.25, 0.3) is 5.78 Å². The summed E-state index contributed by atoms with van der Waals surface area (Å²) in [6, 6.07) is 9.09. The molecule has 0 aliphatic rings. The smallest absolute Gasteiger partial charge is 0.379 e. The number of ketones is 1. The van der Waals surface area contributed by atoms with Gasteiger partial charge in [-0.1, -0.05) is 45.0 Å². The van der Waals surface area contributed by atoms with Gasteiger partial charge in [-0.05, 0) is 30.9 Å². The van der Waals surface area contributed by atoms with Crippen molar-refractivity contribution in [3.05, 3.63) is 59.2 Å². The average molecular weight is 366 g/mol. The molecule has 0 amide bonds. The van der Waals surface area contributed by atoms with Crippen molar-refractivity contribution >= 4 is 17.5 Å². The third-order valence-corrected chi connectivity index (χ3v) is 4.30. The Morgan fingerprint density at radius 2 is 1.78 bits per heavy atom. The predicted octanol–water partition coefficient (Wildman–Crippen LogP) is 3.16. The lowest BCUT2D eigenvalue weighted by molar-refractivity contribution is 0.0307. The fraction of sp³-hybridized carbons (Fsp3) is 0.350. The predicted molar refractivity (Wildman–Crippen MR) is 99.9 cm³/mol. The number of ether oxygens (including phenoxy) is 1. The van der Waals surface area contributed by atoms with E-state index >= 15 is 0 Å². The normalized spacial score (nSPS) is 12.8. The van der Waals surface area contributed by atoms with Crippen molar-refractivity contribution in [3.63, 3.8) is 0 Å². The number of esters is 1. The number of aromatic nitrogens is 4. The highest BCUT2D eigenvalue weighted by Crippen LogP contribution is 2.22. The van der Waals surface area contributed by atoms with Gasteiger partial charge in [0.05, 0.1) is 0 Å². The highest BCUT2D eigenvalue weighted by molar-refractivity contribution is 6.01. The molecule has 2 aromatic heterocycles. The summed E-state index contributed by atoms with van der Waals surface area (Å²) in [5, 5.41) is 4.09. The number of carbonyl (C=O) groups is 2. The molecule has 0 saturated heterocycles. The van der Waals surface area contributed by atoms with Crippen LogP contribution in [-0.4, -0.2) is 37.4 Å². The largest absolute Gasteiger partial charge is 0.448 e. The Kier molecular flexibility index (Phi) is 4.78. The Bertz CT molecular complexity index is 1000. The Balaban J connectivity index is 1.73. The van der Waals surface area contributed by atoms with Gasteiger partial charge in [0.15, 0.2) is 6.10 Å². The Labute approximate surface area is 157 Å². The van der Waals surface area contributed by atoms with Gasteiger partial charge < -0.3 is 4.74 Å². The number of Topliss-reactive ketones (excluding diaryl/α,β-unsaturated/α-hetero) is 1. The number of rotatable bonds is 4. The second kappa shape index (κ2) is 6.90. The summed E-state index contributed by atoms with van der Waals surface area (Å²) >= 11 is 0. The number of carbonyl (C=O) groups excluding carboxylic acids is 2. The number of hydrogen-bond acceptors (Lipinski definition) is 6. The maximum Gasteiger partial charge on any atom is 0.379 e. The van der Waals surface area contributed by atoms with Crippen molar-refractivity contribution in [1.82, 2.24) is 19.6 Å². The monoisotopic (exact) mass is 366 g/mol. The molecule has 0 saturated carbocycles. The minimum Gasteiger partial charge on any atom is -0.448 e. The number of hydrogen-bond donors (Lipinski definition) is 0. The Morgan fingerprint density at radius 1 is 1.11 bits per heavy atom. The molecule has 3 aromatic rings. The molecular formula is C20H22N4O3. The molecule has 140 valence electrons. The van der Waals surface area contributed by atoms with E-state index in [1.165, 1.54) is 11.4 Å². The molecule has 27 heavy (non-hydrogen) atoms. The van der Waals surface area contributed by atoms with Gasteiger partial charge in [-0.15, -0.1) is 5.10 Å². The maximum absolute atomic E-state index is 12.6. The number of aryl methyl sites for hydroxylation is 1. The van der Waals surface area contributed by atoms with Gasteiger partial charge in [-0.25, -0.2) is 14.3 Å². The summed E-state index contributed by atoms with van der Waals surface area (Å²) in [4.78, 5) is 33.0. The molecule has 7 heteroatoms. The molecule has 7 nitrogen and oxygen atoms in total. The van der Waals surface area contributed by atoms with Gasteiger partial charge in [0, 0.05) is 17.5 Å². The number of benzene rings is 1. The fourth-order valence-corrected chi connectivity index (χ4v) is 2.63. The summed E-state index contributed by atoms with van der Waals surface area (Å²) in [6.07, 6.45) is 0.639. The molecule has 0 bridgehead atoms. The van der Waals surface area contributed by atoms with Gasteiger partial charge in [0.1, 0.15) is 0 Å². The maximum atomic E-state index is 12.6. The van der Waals surface area contributed by atoms with E-state index in [9.17, 15) is 9.59 Å². The zero-order valence-electron chi connectivity index (χ0n) is 16.1. The van der Waals surface area contributed by atoms with E-state index in [4.69, 9.17) is 4.74 Å². The topological polar surface area (TPSA) is 86.5 Å². The minimum atomic E-state index is -0.946. The van der Waals surface area contributed by atoms with Crippen molar-refractivity contribution in [2.45, 2.75) is 46.1 Å². The molecule has 0 aliphatic heterocycles. The van der Waals surface area contributed by atoms with Crippen molar-refractivity contribution in [2.75, 3.05) is 0 Å². The fourth-order valence-electron chi connectivity index (χ4n) is 2.63. The molecule has 1 aromatic carbocycles. The first kappa shape index (κ1) is 18.7. The average Bonchev–Trinajstić information content (AvgIpc) is 3.06. The van der Waals surface area contributed by atoms with E-state index in [1.54, 1.807) is 24.4 Å². The lowest BCUT2D eigenvalue weighted by Crippen LogP contribution is -2.25. The van der Waals surface area contributed by atoms with Crippen LogP contribution in [-0.2, 0) is 10.2 Å². The van der Waals surface area contributed by atoms with E-state index in [0.717, 1.165) is 11.3 Å². The second-order valence-electron chi connectivity index (χ2n) is 7.47. The first-order valence-corrected chi connectivity index (χ1v) is 8.71. The van der Waals surface area contributed by atoms with E-state index in [0.29, 0.717) is 11.3 Å². The van der Waals surface area contributed by atoms with Gasteiger partial charge in [0.25, 0.3) is 11.6 Å². The van der Waals surface area contributed by atoms with Crippen LogP contribution in [0.2, 0.25) is 0 Å². The van der Waals surface area contributed by atoms with Gasteiger partial charge in [0.2, 0.25) is 5.78 Å². The standard InChI is InChI=1S/C20H22N4O3/c1-12-10-11-21-19-22-17(23-24(12)19)18(26)27-13(2)16(25)14-6-8-15(9-7-14)20(3,4)5/h6-11,13H,1-5H3/t13-/m1/s1. The summed E-state index contributed by atoms with van der Waals surface area (Å²) in [7, 11) is 0. The zero-order chi connectivity index (χ0) is 19.8. The molecule has 0 radical (unpaired) electrons. The van der Waals surface area contributed by atoms with Crippen LogP contribution >= 0.6 is 0 Å². The SMILES string of the molecule is Cc1ccnc2nc(C(=O)O[C@H](C)C(=O)c3ccc(C(C)(C)C)cc3)nn12. The van der Waals surface area contributed by atoms with Gasteiger partial charge >= 0.3 is 5.97 Å². The van der Waals surface area contributed by atoms with Crippen LogP contribution in [0.5, 0.6) is 0 Å². The minimum absolute atomic E-state index is 0.000615.